The number of hydrogen-bond donors (Lipinski definition) is 2. The summed E-state index contributed by atoms with van der Waals surface area (Å²) in [6.45, 7) is 0. The zero-order chi connectivity index (χ0) is 14.1. The third-order valence-corrected chi connectivity index (χ3v) is 3.59. The van der Waals surface area contributed by atoms with Gasteiger partial charge in [-0.05, 0) is 53.2 Å². The van der Waals surface area contributed by atoms with E-state index >= 15 is 0 Å². The smallest absolute Gasteiger partial charge is 0.125 e. The number of fused-ring (bicyclic) bond motifs is 1. The van der Waals surface area contributed by atoms with E-state index in [1.54, 1.807) is 6.07 Å². The minimum atomic E-state index is -0.337. The molecule has 0 aliphatic rings. The molecular weight excluding hydrogens is 319 g/mol. The Morgan fingerprint density at radius 3 is 2.45 bits per heavy atom. The maximum absolute atomic E-state index is 13.0. The molecule has 0 bridgehead atoms. The van der Waals surface area contributed by atoms with Crippen molar-refractivity contribution >= 4 is 43.8 Å². The maximum Gasteiger partial charge on any atom is 0.125 e. The molecule has 2 nitrogen and oxygen atoms in total. The van der Waals surface area contributed by atoms with E-state index in [0.29, 0.717) is 11.4 Å². The molecular formula is C16H12BrFN2. The van der Waals surface area contributed by atoms with Crippen LogP contribution >= 0.6 is 15.9 Å². The first-order valence-electron chi connectivity index (χ1n) is 6.13. The second kappa shape index (κ2) is 5.13. The van der Waals surface area contributed by atoms with Crippen molar-refractivity contribution in [3.63, 3.8) is 0 Å². The van der Waals surface area contributed by atoms with Crippen molar-refractivity contribution in [1.82, 2.24) is 0 Å². The average molecular weight is 331 g/mol. The van der Waals surface area contributed by atoms with Gasteiger partial charge in [-0.3, -0.25) is 0 Å². The van der Waals surface area contributed by atoms with E-state index in [1.807, 2.05) is 30.3 Å². The molecule has 0 radical (unpaired) electrons. The molecule has 0 heterocycles. The highest BCUT2D eigenvalue weighted by Gasteiger charge is 2.02. The molecule has 3 aromatic rings. The van der Waals surface area contributed by atoms with Gasteiger partial charge in [0.05, 0.1) is 11.4 Å². The van der Waals surface area contributed by atoms with Gasteiger partial charge in [-0.1, -0.05) is 28.1 Å². The van der Waals surface area contributed by atoms with Crippen LogP contribution in [0, 0.1) is 5.82 Å². The summed E-state index contributed by atoms with van der Waals surface area (Å²) in [4.78, 5) is 0. The summed E-state index contributed by atoms with van der Waals surface area (Å²) in [5.74, 6) is -0.337. The van der Waals surface area contributed by atoms with Gasteiger partial charge in [0.25, 0.3) is 0 Å². The van der Waals surface area contributed by atoms with Gasteiger partial charge in [-0.15, -0.1) is 0 Å². The van der Waals surface area contributed by atoms with Gasteiger partial charge in [0, 0.05) is 10.2 Å². The van der Waals surface area contributed by atoms with Gasteiger partial charge in [-0.2, -0.15) is 0 Å². The molecule has 100 valence electrons. The van der Waals surface area contributed by atoms with E-state index < -0.39 is 0 Å². The Kier molecular flexibility index (Phi) is 3.32. The van der Waals surface area contributed by atoms with Crippen LogP contribution in [0.5, 0.6) is 0 Å². The second-order valence-electron chi connectivity index (χ2n) is 4.56. The fourth-order valence-electron chi connectivity index (χ4n) is 2.10. The molecule has 0 aliphatic carbocycles. The molecule has 0 atom stereocenters. The molecule has 0 aliphatic heterocycles. The molecule has 20 heavy (non-hydrogen) atoms. The van der Waals surface area contributed by atoms with Gasteiger partial charge >= 0.3 is 0 Å². The van der Waals surface area contributed by atoms with Crippen molar-refractivity contribution in [2.75, 3.05) is 11.1 Å². The number of hydrogen-bond acceptors (Lipinski definition) is 2. The third-order valence-electron chi connectivity index (χ3n) is 3.09. The van der Waals surface area contributed by atoms with Crippen LogP contribution in [0.1, 0.15) is 0 Å². The summed E-state index contributed by atoms with van der Waals surface area (Å²) in [6, 6.07) is 16.5. The minimum absolute atomic E-state index is 0.337. The van der Waals surface area contributed by atoms with Crippen LogP contribution in [0.15, 0.2) is 59.1 Å². The number of halogens is 2. The molecule has 0 unspecified atom stereocenters. The SMILES string of the molecule is Nc1cc(F)ccc1Nc1ccc2cc(Br)ccc2c1. The van der Waals surface area contributed by atoms with E-state index in [4.69, 9.17) is 5.73 Å². The lowest BCUT2D eigenvalue weighted by Crippen LogP contribution is -1.96. The Morgan fingerprint density at radius 1 is 0.900 bits per heavy atom. The highest BCUT2D eigenvalue weighted by molar-refractivity contribution is 9.10. The third kappa shape index (κ3) is 2.60. The fraction of sp³-hybridized carbons (Fsp3) is 0. The average Bonchev–Trinajstić information content (AvgIpc) is 2.42. The molecule has 3 aromatic carbocycles. The largest absolute Gasteiger partial charge is 0.397 e. The zero-order valence-electron chi connectivity index (χ0n) is 10.5. The first-order valence-corrected chi connectivity index (χ1v) is 6.92. The van der Waals surface area contributed by atoms with Crippen LogP contribution in [0.3, 0.4) is 0 Å². The zero-order valence-corrected chi connectivity index (χ0v) is 12.1. The quantitative estimate of drug-likeness (QED) is 0.644. The van der Waals surface area contributed by atoms with Crippen molar-refractivity contribution in [3.8, 4) is 0 Å². The number of anilines is 3. The molecule has 0 amide bonds. The van der Waals surface area contributed by atoms with Crippen molar-refractivity contribution in [1.29, 1.82) is 0 Å². The summed E-state index contributed by atoms with van der Waals surface area (Å²) in [5, 5.41) is 5.48. The predicted octanol–water partition coefficient (Wildman–Crippen LogP) is 5.07. The summed E-state index contributed by atoms with van der Waals surface area (Å²) in [5.41, 5.74) is 7.79. The lowest BCUT2D eigenvalue weighted by molar-refractivity contribution is 0.628. The van der Waals surface area contributed by atoms with Crippen LogP contribution in [-0.4, -0.2) is 0 Å². The molecule has 3 N–H and O–H groups in total. The summed E-state index contributed by atoms with van der Waals surface area (Å²) >= 11 is 3.45. The summed E-state index contributed by atoms with van der Waals surface area (Å²) in [6.07, 6.45) is 0. The number of nitrogens with two attached hydrogens (primary N) is 1. The number of benzene rings is 3. The van der Waals surface area contributed by atoms with Crippen LogP contribution in [0.2, 0.25) is 0 Å². The molecule has 3 rings (SSSR count). The topological polar surface area (TPSA) is 38.0 Å². The van der Waals surface area contributed by atoms with E-state index in [9.17, 15) is 4.39 Å². The molecule has 0 fully saturated rings. The molecule has 0 spiro atoms. The molecule has 4 heteroatoms. The lowest BCUT2D eigenvalue weighted by Gasteiger charge is -2.10. The van der Waals surface area contributed by atoms with Gasteiger partial charge in [0.2, 0.25) is 0 Å². The Morgan fingerprint density at radius 2 is 1.65 bits per heavy atom. The molecule has 0 saturated carbocycles. The Labute approximate surface area is 124 Å². The highest BCUT2D eigenvalue weighted by Crippen LogP contribution is 2.27. The summed E-state index contributed by atoms with van der Waals surface area (Å²) < 4.78 is 14.1. The number of rotatable bonds is 2. The van der Waals surface area contributed by atoms with Crippen molar-refractivity contribution in [2.45, 2.75) is 0 Å². The molecule has 0 aromatic heterocycles. The van der Waals surface area contributed by atoms with Crippen LogP contribution < -0.4 is 11.1 Å². The minimum Gasteiger partial charge on any atom is -0.397 e. The second-order valence-corrected chi connectivity index (χ2v) is 5.48. The van der Waals surface area contributed by atoms with Gasteiger partial charge < -0.3 is 11.1 Å². The number of nitrogens with one attached hydrogen (secondary N) is 1. The lowest BCUT2D eigenvalue weighted by atomic mass is 10.1. The Hall–Kier alpha value is -2.07. The first kappa shape index (κ1) is 12.9. The maximum atomic E-state index is 13.0. The van der Waals surface area contributed by atoms with Gasteiger partial charge in [0.1, 0.15) is 5.82 Å². The van der Waals surface area contributed by atoms with Crippen LogP contribution in [0.4, 0.5) is 21.5 Å². The number of nitrogen functional groups attached to an aromatic ring is 1. The van der Waals surface area contributed by atoms with E-state index in [1.165, 1.54) is 12.1 Å². The normalized spacial score (nSPS) is 10.7. The van der Waals surface area contributed by atoms with E-state index in [0.717, 1.165) is 20.9 Å². The van der Waals surface area contributed by atoms with Crippen molar-refractivity contribution in [3.05, 3.63) is 64.9 Å². The van der Waals surface area contributed by atoms with E-state index in [2.05, 4.69) is 27.3 Å². The van der Waals surface area contributed by atoms with Crippen molar-refractivity contribution < 1.29 is 4.39 Å². The standard InChI is InChI=1S/C16H12BrFN2/c17-12-3-1-11-8-14(5-2-10(11)7-12)20-16-6-4-13(18)9-15(16)19/h1-9,20H,19H2. The van der Waals surface area contributed by atoms with Crippen LogP contribution in [-0.2, 0) is 0 Å². The fourth-order valence-corrected chi connectivity index (χ4v) is 2.48. The Bertz CT molecular complexity index is 787. The monoisotopic (exact) mass is 330 g/mol. The summed E-state index contributed by atoms with van der Waals surface area (Å²) in [7, 11) is 0. The predicted molar refractivity (Wildman–Crippen MR) is 85.7 cm³/mol. The molecule has 0 saturated heterocycles. The van der Waals surface area contributed by atoms with Gasteiger partial charge in [0.15, 0.2) is 0 Å². The first-order chi connectivity index (χ1) is 9.61. The van der Waals surface area contributed by atoms with Crippen molar-refractivity contribution in [2.24, 2.45) is 0 Å². The highest BCUT2D eigenvalue weighted by atomic mass is 79.9. The van der Waals surface area contributed by atoms with Gasteiger partial charge in [-0.25, -0.2) is 4.39 Å². The van der Waals surface area contributed by atoms with Crippen LogP contribution in [0.25, 0.3) is 10.8 Å². The van der Waals surface area contributed by atoms with E-state index in [-0.39, 0.29) is 5.82 Å². The Balaban J connectivity index is 1.96.